The molecule has 3 rings (SSSR count). The molecular weight excluding hydrogens is 282 g/mol. The Labute approximate surface area is 110 Å². The van der Waals surface area contributed by atoms with Crippen molar-refractivity contribution in [2.75, 3.05) is 0 Å². The van der Waals surface area contributed by atoms with Crippen LogP contribution in [0.4, 0.5) is 0 Å². The van der Waals surface area contributed by atoms with Crippen molar-refractivity contribution in [2.45, 2.75) is 38.6 Å². The average molecular weight is 300 g/mol. The fraction of sp³-hybridized carbons (Fsp3) is 0.692. The molecule has 2 aliphatic rings. The van der Waals surface area contributed by atoms with Crippen LogP contribution in [0.25, 0.3) is 0 Å². The number of fused-ring (bicyclic) bond motifs is 2. The minimum atomic E-state index is 0.267. The van der Waals surface area contributed by atoms with E-state index in [-0.39, 0.29) is 6.04 Å². The Morgan fingerprint density at radius 2 is 2.25 bits per heavy atom. The molecule has 0 amide bonds. The fourth-order valence-electron chi connectivity index (χ4n) is 3.66. The summed E-state index contributed by atoms with van der Waals surface area (Å²) in [4.78, 5) is 2.73. The molecule has 16 heavy (non-hydrogen) atoms. The molecule has 4 atom stereocenters. The predicted octanol–water partition coefficient (Wildman–Crippen LogP) is 4.26. The van der Waals surface area contributed by atoms with Crippen molar-refractivity contribution in [3.05, 3.63) is 20.3 Å². The summed E-state index contributed by atoms with van der Waals surface area (Å²) in [5.74, 6) is 2.64. The molecule has 0 radical (unpaired) electrons. The second kappa shape index (κ2) is 4.11. The van der Waals surface area contributed by atoms with E-state index in [1.807, 2.05) is 11.3 Å². The maximum atomic E-state index is 6.48. The van der Waals surface area contributed by atoms with Gasteiger partial charge in [-0.15, -0.1) is 11.3 Å². The Hall–Kier alpha value is 0.140. The first-order valence-electron chi connectivity index (χ1n) is 6.16. The number of nitrogens with two attached hydrogens (primary N) is 1. The SMILES string of the molecule is Cc1cc(Br)c(C(N)C2CC3CCC2C3)s1. The maximum absolute atomic E-state index is 6.48. The molecule has 0 saturated heterocycles. The van der Waals surface area contributed by atoms with Gasteiger partial charge in [0.05, 0.1) is 0 Å². The summed E-state index contributed by atoms with van der Waals surface area (Å²) in [7, 11) is 0. The highest BCUT2D eigenvalue weighted by Crippen LogP contribution is 2.53. The molecule has 2 bridgehead atoms. The van der Waals surface area contributed by atoms with E-state index in [9.17, 15) is 0 Å². The standard InChI is InChI=1S/C13H18BrNS/c1-7-4-11(14)13(16-7)12(15)10-6-8-2-3-9(10)5-8/h4,8-10,12H,2-3,5-6,15H2,1H3. The highest BCUT2D eigenvalue weighted by atomic mass is 79.9. The van der Waals surface area contributed by atoms with Crippen molar-refractivity contribution < 1.29 is 0 Å². The summed E-state index contributed by atoms with van der Waals surface area (Å²) in [5.41, 5.74) is 6.48. The third-order valence-corrected chi connectivity index (χ3v) is 6.46. The lowest BCUT2D eigenvalue weighted by molar-refractivity contribution is 0.286. The molecule has 1 aromatic heterocycles. The average Bonchev–Trinajstić information content (AvgIpc) is 2.91. The normalized spacial score (nSPS) is 34.6. The van der Waals surface area contributed by atoms with Crippen LogP contribution >= 0.6 is 27.3 Å². The van der Waals surface area contributed by atoms with Crippen LogP contribution in [0.3, 0.4) is 0 Å². The lowest BCUT2D eigenvalue weighted by Crippen LogP contribution is -2.25. The zero-order valence-electron chi connectivity index (χ0n) is 9.58. The first kappa shape index (κ1) is 11.2. The molecule has 2 aliphatic carbocycles. The van der Waals surface area contributed by atoms with Crippen LogP contribution in [0.1, 0.15) is 41.5 Å². The van der Waals surface area contributed by atoms with Crippen molar-refractivity contribution >= 4 is 27.3 Å². The molecule has 2 fully saturated rings. The lowest BCUT2D eigenvalue weighted by Gasteiger charge is -2.27. The van der Waals surface area contributed by atoms with Gasteiger partial charge < -0.3 is 5.73 Å². The minimum absolute atomic E-state index is 0.267. The van der Waals surface area contributed by atoms with Gasteiger partial charge in [0.25, 0.3) is 0 Å². The summed E-state index contributed by atoms with van der Waals surface area (Å²) in [5, 5.41) is 0. The number of halogens is 1. The Balaban J connectivity index is 1.82. The summed E-state index contributed by atoms with van der Waals surface area (Å²) in [6, 6.07) is 2.47. The minimum Gasteiger partial charge on any atom is -0.323 e. The van der Waals surface area contributed by atoms with Gasteiger partial charge in [0, 0.05) is 20.3 Å². The molecular formula is C13H18BrNS. The van der Waals surface area contributed by atoms with Crippen molar-refractivity contribution in [2.24, 2.45) is 23.5 Å². The maximum Gasteiger partial charge on any atom is 0.0432 e. The third-order valence-electron chi connectivity index (χ3n) is 4.39. The molecule has 1 nitrogen and oxygen atoms in total. The number of thiophene rings is 1. The van der Waals surface area contributed by atoms with Gasteiger partial charge >= 0.3 is 0 Å². The van der Waals surface area contributed by atoms with Gasteiger partial charge in [-0.25, -0.2) is 0 Å². The lowest BCUT2D eigenvalue weighted by atomic mass is 9.83. The molecule has 4 unspecified atom stereocenters. The molecule has 88 valence electrons. The van der Waals surface area contributed by atoms with Crippen LogP contribution in [0.15, 0.2) is 10.5 Å². The molecule has 0 spiro atoms. The van der Waals surface area contributed by atoms with Crippen molar-refractivity contribution in [3.8, 4) is 0 Å². The number of rotatable bonds is 2. The zero-order chi connectivity index (χ0) is 11.3. The highest BCUT2D eigenvalue weighted by molar-refractivity contribution is 9.10. The molecule has 0 aliphatic heterocycles. The van der Waals surface area contributed by atoms with Crippen LogP contribution in [-0.2, 0) is 0 Å². The van der Waals surface area contributed by atoms with E-state index < -0.39 is 0 Å². The molecule has 1 aromatic rings. The second-order valence-corrected chi connectivity index (χ2v) is 7.58. The first-order valence-corrected chi connectivity index (χ1v) is 7.77. The number of aryl methyl sites for hydroxylation is 1. The van der Waals surface area contributed by atoms with Gasteiger partial charge in [-0.05, 0) is 65.9 Å². The van der Waals surface area contributed by atoms with Crippen molar-refractivity contribution in [1.82, 2.24) is 0 Å². The van der Waals surface area contributed by atoms with E-state index in [4.69, 9.17) is 5.73 Å². The molecule has 0 aromatic carbocycles. The number of hydrogen-bond donors (Lipinski definition) is 1. The van der Waals surface area contributed by atoms with E-state index in [0.29, 0.717) is 0 Å². The van der Waals surface area contributed by atoms with Gasteiger partial charge in [0.1, 0.15) is 0 Å². The van der Waals surface area contributed by atoms with E-state index in [0.717, 1.165) is 17.8 Å². The summed E-state index contributed by atoms with van der Waals surface area (Å²) in [6.07, 6.45) is 5.69. The predicted molar refractivity (Wildman–Crippen MR) is 72.6 cm³/mol. The third kappa shape index (κ3) is 1.77. The first-order chi connectivity index (χ1) is 7.65. The zero-order valence-corrected chi connectivity index (χ0v) is 12.0. The van der Waals surface area contributed by atoms with Gasteiger partial charge in [-0.2, -0.15) is 0 Å². The van der Waals surface area contributed by atoms with E-state index in [1.165, 1.54) is 39.9 Å². The van der Waals surface area contributed by atoms with Gasteiger partial charge in [0.15, 0.2) is 0 Å². The van der Waals surface area contributed by atoms with Crippen LogP contribution in [0.2, 0.25) is 0 Å². The molecule has 1 heterocycles. The van der Waals surface area contributed by atoms with Gasteiger partial charge in [-0.1, -0.05) is 6.42 Å². The molecule has 2 N–H and O–H groups in total. The summed E-state index contributed by atoms with van der Waals surface area (Å²) >= 11 is 5.51. The highest BCUT2D eigenvalue weighted by Gasteiger charge is 2.43. The largest absolute Gasteiger partial charge is 0.323 e. The quantitative estimate of drug-likeness (QED) is 0.868. The second-order valence-electron chi connectivity index (χ2n) is 5.43. The van der Waals surface area contributed by atoms with Crippen LogP contribution in [0, 0.1) is 24.7 Å². The molecule has 2 saturated carbocycles. The summed E-state index contributed by atoms with van der Waals surface area (Å²) in [6.45, 7) is 2.16. The van der Waals surface area contributed by atoms with Crippen LogP contribution < -0.4 is 5.73 Å². The number of hydrogen-bond acceptors (Lipinski definition) is 2. The Bertz CT molecular complexity index is 401. The van der Waals surface area contributed by atoms with Crippen LogP contribution in [0.5, 0.6) is 0 Å². The monoisotopic (exact) mass is 299 g/mol. The van der Waals surface area contributed by atoms with Crippen molar-refractivity contribution in [1.29, 1.82) is 0 Å². The van der Waals surface area contributed by atoms with Gasteiger partial charge in [0.2, 0.25) is 0 Å². The Morgan fingerprint density at radius 1 is 1.44 bits per heavy atom. The Morgan fingerprint density at radius 3 is 2.75 bits per heavy atom. The van der Waals surface area contributed by atoms with Gasteiger partial charge in [-0.3, -0.25) is 0 Å². The topological polar surface area (TPSA) is 26.0 Å². The fourth-order valence-corrected chi connectivity index (χ4v) is 5.65. The van der Waals surface area contributed by atoms with Crippen LogP contribution in [-0.4, -0.2) is 0 Å². The van der Waals surface area contributed by atoms with Crippen molar-refractivity contribution in [3.63, 3.8) is 0 Å². The smallest absolute Gasteiger partial charge is 0.0432 e. The van der Waals surface area contributed by atoms with E-state index >= 15 is 0 Å². The molecule has 3 heteroatoms. The van der Waals surface area contributed by atoms with E-state index in [1.54, 1.807) is 0 Å². The Kier molecular flexibility index (Phi) is 2.89. The summed E-state index contributed by atoms with van der Waals surface area (Å²) < 4.78 is 1.23. The van der Waals surface area contributed by atoms with E-state index in [2.05, 4.69) is 28.9 Å².